The van der Waals surface area contributed by atoms with Crippen LogP contribution in [0.15, 0.2) is 54.6 Å². The molecule has 1 amide bonds. The number of nitrogens with one attached hydrogen (secondary N) is 2. The number of rotatable bonds is 5. The molecule has 10 heteroatoms. The molecule has 1 aromatic heterocycles. The summed E-state index contributed by atoms with van der Waals surface area (Å²) in [6.07, 6.45) is -4.84. The highest BCUT2D eigenvalue weighted by Crippen LogP contribution is 2.24. The Bertz CT molecular complexity index is 869. The number of nitrogens with zero attached hydrogens (tertiary/aromatic N) is 3. The fraction of sp³-hybridized carbons (Fsp3) is 0.125. The van der Waals surface area contributed by atoms with Crippen LogP contribution in [-0.4, -0.2) is 32.9 Å². The number of aromatic amines is 1. The van der Waals surface area contributed by atoms with Gasteiger partial charge in [0, 0.05) is 5.56 Å². The quantitative estimate of drug-likeness (QED) is 0.727. The zero-order chi connectivity index (χ0) is 18.6. The van der Waals surface area contributed by atoms with Crippen molar-refractivity contribution in [2.45, 2.75) is 12.4 Å². The van der Waals surface area contributed by atoms with Crippen LogP contribution in [0.2, 0.25) is 0 Å². The molecule has 26 heavy (non-hydrogen) atoms. The summed E-state index contributed by atoms with van der Waals surface area (Å²) >= 11 is 0. The number of H-pyrrole nitrogens is 1. The molecule has 0 aliphatic heterocycles. The van der Waals surface area contributed by atoms with E-state index in [4.69, 9.17) is 0 Å². The second kappa shape index (κ2) is 7.21. The maximum atomic E-state index is 12.5. The summed E-state index contributed by atoms with van der Waals surface area (Å²) in [5, 5.41) is 16.2. The lowest BCUT2D eigenvalue weighted by Gasteiger charge is -2.16. The number of alkyl halides is 3. The topological polar surface area (TPSA) is 92.8 Å². The Morgan fingerprint density at radius 3 is 2.54 bits per heavy atom. The van der Waals surface area contributed by atoms with Gasteiger partial charge in [0.05, 0.1) is 0 Å². The summed E-state index contributed by atoms with van der Waals surface area (Å²) in [6.45, 7) is 0. The fourth-order valence-corrected chi connectivity index (χ4v) is 2.28. The largest absolute Gasteiger partial charge is 0.573 e. The molecule has 0 saturated carbocycles. The monoisotopic (exact) mass is 363 g/mol. The van der Waals surface area contributed by atoms with E-state index >= 15 is 0 Å². The molecule has 1 atom stereocenters. The van der Waals surface area contributed by atoms with Crippen molar-refractivity contribution in [1.29, 1.82) is 0 Å². The van der Waals surface area contributed by atoms with Gasteiger partial charge in [-0.2, -0.15) is 5.21 Å². The number of halogens is 3. The van der Waals surface area contributed by atoms with Crippen LogP contribution in [0.4, 0.5) is 13.2 Å². The Labute approximate surface area is 145 Å². The zero-order valence-corrected chi connectivity index (χ0v) is 13.1. The summed E-state index contributed by atoms with van der Waals surface area (Å²) in [5.74, 6) is -0.885. The van der Waals surface area contributed by atoms with E-state index in [1.54, 1.807) is 30.3 Å². The number of carbonyl (C=O) groups excluding carboxylic acids is 1. The molecule has 0 aliphatic rings. The van der Waals surface area contributed by atoms with E-state index in [2.05, 4.69) is 30.7 Å². The molecule has 0 spiro atoms. The molecule has 134 valence electrons. The van der Waals surface area contributed by atoms with E-state index in [9.17, 15) is 18.0 Å². The number of amides is 1. The molecular weight excluding hydrogens is 351 g/mol. The minimum atomic E-state index is -4.84. The Morgan fingerprint density at radius 2 is 1.88 bits per heavy atom. The third kappa shape index (κ3) is 4.35. The fourth-order valence-electron chi connectivity index (χ4n) is 2.28. The lowest BCUT2D eigenvalue weighted by molar-refractivity contribution is -0.274. The van der Waals surface area contributed by atoms with E-state index in [0.29, 0.717) is 5.56 Å². The average Bonchev–Trinajstić information content (AvgIpc) is 3.13. The number of hydrogen-bond acceptors (Lipinski definition) is 5. The van der Waals surface area contributed by atoms with E-state index in [1.807, 2.05) is 0 Å². The molecule has 0 bridgehead atoms. The van der Waals surface area contributed by atoms with Crippen molar-refractivity contribution in [3.63, 3.8) is 0 Å². The molecule has 3 aromatic rings. The highest BCUT2D eigenvalue weighted by atomic mass is 19.4. The number of benzene rings is 2. The minimum Gasteiger partial charge on any atom is -0.406 e. The van der Waals surface area contributed by atoms with E-state index in [1.165, 1.54) is 12.1 Å². The molecule has 2 aromatic carbocycles. The molecule has 0 radical (unpaired) electrons. The average molecular weight is 363 g/mol. The van der Waals surface area contributed by atoms with Gasteiger partial charge in [-0.25, -0.2) is 0 Å². The minimum absolute atomic E-state index is 0.00354. The molecular formula is C16H12F3N5O2. The number of aromatic nitrogens is 4. The third-order valence-electron chi connectivity index (χ3n) is 3.36. The summed E-state index contributed by atoms with van der Waals surface area (Å²) in [4.78, 5) is 12.5. The Hall–Kier alpha value is -3.43. The van der Waals surface area contributed by atoms with Gasteiger partial charge in [0.1, 0.15) is 11.8 Å². The van der Waals surface area contributed by atoms with Gasteiger partial charge in [-0.05, 0) is 23.8 Å². The van der Waals surface area contributed by atoms with Crippen LogP contribution in [0.25, 0.3) is 0 Å². The van der Waals surface area contributed by atoms with Crippen LogP contribution in [0, 0.1) is 0 Å². The molecule has 2 N–H and O–H groups in total. The molecule has 3 rings (SSSR count). The summed E-state index contributed by atoms with van der Waals surface area (Å²) in [6, 6.07) is 12.9. The lowest BCUT2D eigenvalue weighted by Crippen LogP contribution is -2.30. The number of tetrazole rings is 1. The van der Waals surface area contributed by atoms with Gasteiger partial charge in [-0.15, -0.1) is 23.4 Å². The van der Waals surface area contributed by atoms with Gasteiger partial charge < -0.3 is 10.1 Å². The van der Waals surface area contributed by atoms with Gasteiger partial charge in [0.25, 0.3) is 5.91 Å². The van der Waals surface area contributed by atoms with Crippen molar-refractivity contribution in [2.75, 3.05) is 0 Å². The predicted octanol–water partition coefficient (Wildman–Crippen LogP) is 2.62. The lowest BCUT2D eigenvalue weighted by atomic mass is 10.1. The van der Waals surface area contributed by atoms with Gasteiger partial charge >= 0.3 is 6.36 Å². The van der Waals surface area contributed by atoms with Gasteiger partial charge in [0.2, 0.25) is 5.82 Å². The van der Waals surface area contributed by atoms with Crippen molar-refractivity contribution < 1.29 is 22.7 Å². The van der Waals surface area contributed by atoms with Crippen LogP contribution in [0.3, 0.4) is 0 Å². The van der Waals surface area contributed by atoms with Crippen LogP contribution in [0.1, 0.15) is 27.8 Å². The normalized spacial score (nSPS) is 12.4. The van der Waals surface area contributed by atoms with Gasteiger partial charge in [0.15, 0.2) is 0 Å². The molecule has 0 fully saturated rings. The van der Waals surface area contributed by atoms with Crippen molar-refractivity contribution >= 4 is 5.91 Å². The SMILES string of the molecule is O=C(NC(c1ccccc1)c1nn[nH]n1)c1cccc(OC(F)(F)F)c1. The van der Waals surface area contributed by atoms with Crippen LogP contribution < -0.4 is 10.1 Å². The first kappa shape index (κ1) is 17.4. The number of carbonyl (C=O) groups is 1. The van der Waals surface area contributed by atoms with Crippen LogP contribution in [-0.2, 0) is 0 Å². The Kier molecular flexibility index (Phi) is 4.83. The Morgan fingerprint density at radius 1 is 1.12 bits per heavy atom. The van der Waals surface area contributed by atoms with Crippen LogP contribution >= 0.6 is 0 Å². The Balaban J connectivity index is 1.84. The first-order valence-electron chi connectivity index (χ1n) is 7.37. The first-order valence-corrected chi connectivity index (χ1v) is 7.37. The molecule has 7 nitrogen and oxygen atoms in total. The summed E-state index contributed by atoms with van der Waals surface area (Å²) < 4.78 is 40.9. The second-order valence-electron chi connectivity index (χ2n) is 5.16. The zero-order valence-electron chi connectivity index (χ0n) is 13.1. The van der Waals surface area contributed by atoms with Crippen molar-refractivity contribution in [3.8, 4) is 5.75 Å². The maximum Gasteiger partial charge on any atom is 0.573 e. The molecule has 0 saturated heterocycles. The summed E-state index contributed by atoms with van der Waals surface area (Å²) in [5.41, 5.74) is 0.682. The first-order chi connectivity index (χ1) is 12.4. The smallest absolute Gasteiger partial charge is 0.406 e. The highest BCUT2D eigenvalue weighted by Gasteiger charge is 2.31. The van der Waals surface area contributed by atoms with Gasteiger partial charge in [-0.3, -0.25) is 4.79 Å². The standard InChI is InChI=1S/C16H12F3N5O2/c17-16(18,19)26-12-8-4-7-11(9-12)15(25)20-13(14-21-23-24-22-14)10-5-2-1-3-6-10/h1-9,13H,(H,20,25)(H,21,22,23,24). The number of hydrogen-bond donors (Lipinski definition) is 2. The van der Waals surface area contributed by atoms with Crippen molar-refractivity contribution in [2.24, 2.45) is 0 Å². The van der Waals surface area contributed by atoms with E-state index in [0.717, 1.165) is 12.1 Å². The van der Waals surface area contributed by atoms with Gasteiger partial charge in [-0.1, -0.05) is 41.6 Å². The van der Waals surface area contributed by atoms with Crippen molar-refractivity contribution in [1.82, 2.24) is 25.9 Å². The molecule has 0 aliphatic carbocycles. The second-order valence-corrected chi connectivity index (χ2v) is 5.16. The van der Waals surface area contributed by atoms with Crippen LogP contribution in [0.5, 0.6) is 5.75 Å². The summed E-state index contributed by atoms with van der Waals surface area (Å²) in [7, 11) is 0. The third-order valence-corrected chi connectivity index (χ3v) is 3.36. The molecule has 1 unspecified atom stereocenters. The molecule has 1 heterocycles. The highest BCUT2D eigenvalue weighted by molar-refractivity contribution is 5.95. The van der Waals surface area contributed by atoms with E-state index in [-0.39, 0.29) is 11.4 Å². The number of ether oxygens (including phenoxy) is 1. The maximum absolute atomic E-state index is 12.5. The van der Waals surface area contributed by atoms with E-state index < -0.39 is 24.1 Å². The predicted molar refractivity (Wildman–Crippen MR) is 83.1 cm³/mol. The van der Waals surface area contributed by atoms with Crippen molar-refractivity contribution in [3.05, 3.63) is 71.5 Å².